The van der Waals surface area contributed by atoms with Crippen LogP contribution in [0.1, 0.15) is 31.2 Å². The van der Waals surface area contributed by atoms with Gasteiger partial charge >= 0.3 is 0 Å². The van der Waals surface area contributed by atoms with Crippen LogP contribution >= 0.6 is 11.8 Å². The summed E-state index contributed by atoms with van der Waals surface area (Å²) in [5.41, 5.74) is 2.38. The molecule has 16 heavy (non-hydrogen) atoms. The molecule has 0 radical (unpaired) electrons. The smallest absolute Gasteiger partial charge is 0.168 e. The monoisotopic (exact) mass is 238 g/mol. The minimum Gasteiger partial charge on any atom is -0.395 e. The summed E-state index contributed by atoms with van der Waals surface area (Å²) in [7, 11) is 0. The molecule has 1 aliphatic rings. The number of rotatable bonds is 5. The molecule has 0 unspecified atom stereocenters. The van der Waals surface area contributed by atoms with Crippen LogP contribution in [0.5, 0.6) is 0 Å². The highest BCUT2D eigenvalue weighted by molar-refractivity contribution is 7.99. The first-order chi connectivity index (χ1) is 7.86. The fourth-order valence-electron chi connectivity index (χ4n) is 1.90. The fourth-order valence-corrected chi connectivity index (χ4v) is 2.80. The van der Waals surface area contributed by atoms with Gasteiger partial charge in [0.1, 0.15) is 0 Å². The lowest BCUT2D eigenvalue weighted by molar-refractivity contribution is 0.271. The summed E-state index contributed by atoms with van der Waals surface area (Å²) in [4.78, 5) is 4.67. The van der Waals surface area contributed by atoms with Crippen molar-refractivity contribution in [2.75, 3.05) is 12.4 Å². The van der Waals surface area contributed by atoms with E-state index in [0.29, 0.717) is 6.54 Å². The van der Waals surface area contributed by atoms with Crippen molar-refractivity contribution in [1.29, 1.82) is 0 Å². The molecule has 0 fully saturated rings. The largest absolute Gasteiger partial charge is 0.395 e. The van der Waals surface area contributed by atoms with Crippen molar-refractivity contribution >= 4 is 17.8 Å². The zero-order valence-electron chi connectivity index (χ0n) is 9.65. The Kier molecular flexibility index (Phi) is 4.07. The average molecular weight is 238 g/mol. The van der Waals surface area contributed by atoms with E-state index in [2.05, 4.69) is 28.6 Å². The first-order valence-electron chi connectivity index (χ1n) is 5.86. The number of aromatic nitrogens is 2. The van der Waals surface area contributed by atoms with Gasteiger partial charge in [-0.3, -0.25) is 0 Å². The standard InChI is InChI=1S/C12H18N2OS/c1-2-9-16-12-13-10-5-3-4-6-11(10)14(12)7-8-15/h4,6,15H,2-3,5,7-9H2,1H3. The summed E-state index contributed by atoms with van der Waals surface area (Å²) in [5, 5.41) is 10.2. The predicted molar refractivity (Wildman–Crippen MR) is 67.7 cm³/mol. The van der Waals surface area contributed by atoms with E-state index in [1.807, 2.05) is 0 Å². The van der Waals surface area contributed by atoms with Gasteiger partial charge in [0.25, 0.3) is 0 Å². The molecule has 4 heteroatoms. The van der Waals surface area contributed by atoms with Crippen molar-refractivity contribution in [3.8, 4) is 0 Å². The molecular formula is C12H18N2OS. The van der Waals surface area contributed by atoms with Crippen LogP contribution in [-0.2, 0) is 13.0 Å². The summed E-state index contributed by atoms with van der Waals surface area (Å²) in [6, 6.07) is 0. The summed E-state index contributed by atoms with van der Waals surface area (Å²) < 4.78 is 2.14. The Labute approximate surface area is 101 Å². The third kappa shape index (κ3) is 2.33. The van der Waals surface area contributed by atoms with Gasteiger partial charge in [0.05, 0.1) is 18.0 Å². The fraction of sp³-hybridized carbons (Fsp3) is 0.583. The molecule has 0 aliphatic heterocycles. The van der Waals surface area contributed by atoms with Crippen molar-refractivity contribution in [2.24, 2.45) is 0 Å². The molecule has 1 N–H and O–H groups in total. The molecule has 1 aliphatic carbocycles. The number of aryl methyl sites for hydroxylation is 1. The van der Waals surface area contributed by atoms with Gasteiger partial charge in [0.15, 0.2) is 5.16 Å². The van der Waals surface area contributed by atoms with E-state index in [4.69, 9.17) is 5.11 Å². The maximum absolute atomic E-state index is 9.11. The Morgan fingerprint density at radius 1 is 1.56 bits per heavy atom. The maximum Gasteiger partial charge on any atom is 0.168 e. The first kappa shape index (κ1) is 11.7. The average Bonchev–Trinajstić information content (AvgIpc) is 2.66. The first-order valence-corrected chi connectivity index (χ1v) is 6.85. The van der Waals surface area contributed by atoms with E-state index in [-0.39, 0.29) is 6.61 Å². The van der Waals surface area contributed by atoms with Gasteiger partial charge in [0.2, 0.25) is 0 Å². The van der Waals surface area contributed by atoms with E-state index in [1.165, 1.54) is 11.4 Å². The number of nitrogens with zero attached hydrogens (tertiary/aromatic N) is 2. The molecule has 0 amide bonds. The van der Waals surface area contributed by atoms with Gasteiger partial charge in [-0.1, -0.05) is 24.8 Å². The predicted octanol–water partition coefficient (Wildman–Crippen LogP) is 2.34. The summed E-state index contributed by atoms with van der Waals surface area (Å²) in [6.07, 6.45) is 7.59. The van der Waals surface area contributed by atoms with Gasteiger partial charge in [0, 0.05) is 12.3 Å². The quantitative estimate of drug-likeness (QED) is 0.800. The molecular weight excluding hydrogens is 220 g/mol. The third-order valence-electron chi connectivity index (χ3n) is 2.63. The second kappa shape index (κ2) is 5.55. The van der Waals surface area contributed by atoms with Crippen molar-refractivity contribution < 1.29 is 5.11 Å². The Hall–Kier alpha value is -0.740. The molecule has 2 rings (SSSR count). The van der Waals surface area contributed by atoms with Gasteiger partial charge in [-0.25, -0.2) is 4.98 Å². The third-order valence-corrected chi connectivity index (χ3v) is 3.81. The van der Waals surface area contributed by atoms with Crippen LogP contribution < -0.4 is 0 Å². The van der Waals surface area contributed by atoms with Crippen LogP contribution in [-0.4, -0.2) is 27.0 Å². The SMILES string of the molecule is CCCSc1nc2c(n1CCO)C=CCC2. The number of allylic oxidation sites excluding steroid dienone is 1. The van der Waals surface area contributed by atoms with Gasteiger partial charge in [-0.15, -0.1) is 0 Å². The number of hydrogen-bond donors (Lipinski definition) is 1. The summed E-state index contributed by atoms with van der Waals surface area (Å²) >= 11 is 1.79. The Balaban J connectivity index is 2.28. The minimum absolute atomic E-state index is 0.177. The van der Waals surface area contributed by atoms with Gasteiger partial charge in [-0.05, 0) is 25.3 Å². The van der Waals surface area contributed by atoms with E-state index < -0.39 is 0 Å². The molecule has 0 aromatic carbocycles. The van der Waals surface area contributed by atoms with E-state index in [9.17, 15) is 0 Å². The molecule has 0 spiro atoms. The second-order valence-electron chi connectivity index (χ2n) is 3.89. The molecule has 3 nitrogen and oxygen atoms in total. The Bertz CT molecular complexity index is 385. The van der Waals surface area contributed by atoms with Crippen molar-refractivity contribution in [2.45, 2.75) is 37.9 Å². The van der Waals surface area contributed by atoms with Crippen molar-refractivity contribution in [3.05, 3.63) is 17.5 Å². The Morgan fingerprint density at radius 3 is 3.19 bits per heavy atom. The highest BCUT2D eigenvalue weighted by Crippen LogP contribution is 2.26. The van der Waals surface area contributed by atoms with Crippen LogP contribution in [0.25, 0.3) is 6.08 Å². The molecule has 1 heterocycles. The van der Waals surface area contributed by atoms with Crippen LogP contribution in [0.2, 0.25) is 0 Å². The van der Waals surface area contributed by atoms with Gasteiger partial charge < -0.3 is 9.67 Å². The lowest BCUT2D eigenvalue weighted by Gasteiger charge is -2.09. The van der Waals surface area contributed by atoms with E-state index in [1.54, 1.807) is 11.8 Å². The molecule has 0 saturated carbocycles. The molecule has 1 aromatic rings. The molecule has 0 bridgehead atoms. The van der Waals surface area contributed by atoms with Crippen molar-refractivity contribution in [3.63, 3.8) is 0 Å². The highest BCUT2D eigenvalue weighted by atomic mass is 32.2. The van der Waals surface area contributed by atoms with Crippen LogP contribution in [0.15, 0.2) is 11.2 Å². The molecule has 1 aromatic heterocycles. The summed E-state index contributed by atoms with van der Waals surface area (Å²) in [6.45, 7) is 3.00. The molecule has 88 valence electrons. The topological polar surface area (TPSA) is 38.0 Å². The zero-order valence-corrected chi connectivity index (χ0v) is 10.5. The van der Waals surface area contributed by atoms with Crippen molar-refractivity contribution in [1.82, 2.24) is 9.55 Å². The normalized spacial score (nSPS) is 14.1. The number of imidazole rings is 1. The minimum atomic E-state index is 0.177. The number of aliphatic hydroxyl groups is 1. The van der Waals surface area contributed by atoms with Crippen LogP contribution in [0, 0.1) is 0 Å². The van der Waals surface area contributed by atoms with Crippen LogP contribution in [0.4, 0.5) is 0 Å². The Morgan fingerprint density at radius 2 is 2.44 bits per heavy atom. The lowest BCUT2D eigenvalue weighted by Crippen LogP contribution is -2.07. The maximum atomic E-state index is 9.11. The number of aliphatic hydroxyl groups excluding tert-OH is 1. The number of hydrogen-bond acceptors (Lipinski definition) is 3. The zero-order chi connectivity index (χ0) is 11.4. The van der Waals surface area contributed by atoms with Gasteiger partial charge in [-0.2, -0.15) is 0 Å². The molecule has 0 atom stereocenters. The number of thioether (sulfide) groups is 1. The van der Waals surface area contributed by atoms with E-state index in [0.717, 1.165) is 30.2 Å². The summed E-state index contributed by atoms with van der Waals surface area (Å²) in [5.74, 6) is 1.09. The number of fused-ring (bicyclic) bond motifs is 1. The van der Waals surface area contributed by atoms with Crippen LogP contribution in [0.3, 0.4) is 0 Å². The second-order valence-corrected chi connectivity index (χ2v) is 4.95. The highest BCUT2D eigenvalue weighted by Gasteiger charge is 2.16. The van der Waals surface area contributed by atoms with E-state index >= 15 is 0 Å². The lowest BCUT2D eigenvalue weighted by atomic mass is 10.1. The molecule has 0 saturated heterocycles.